The summed E-state index contributed by atoms with van der Waals surface area (Å²) in [6, 6.07) is 1.19. The summed E-state index contributed by atoms with van der Waals surface area (Å²) in [5.74, 6) is 0. The molecule has 2 N–H and O–H groups in total. The van der Waals surface area contributed by atoms with Crippen molar-refractivity contribution in [3.05, 3.63) is 0 Å². The van der Waals surface area contributed by atoms with Gasteiger partial charge in [-0.1, -0.05) is 6.92 Å². The Hall–Kier alpha value is 0.120. The van der Waals surface area contributed by atoms with Gasteiger partial charge in [-0.05, 0) is 25.7 Å². The number of fused-ring (bicyclic) bond motifs is 2. The van der Waals surface area contributed by atoms with E-state index in [0.717, 1.165) is 12.8 Å². The zero-order valence-electron chi connectivity index (χ0n) is 10.3. The van der Waals surface area contributed by atoms with E-state index in [0.29, 0.717) is 18.6 Å². The Bertz CT molecular complexity index is 337. The van der Waals surface area contributed by atoms with Crippen molar-refractivity contribution in [3.63, 3.8) is 0 Å². The lowest BCUT2D eigenvalue weighted by Gasteiger charge is -2.34. The SMILES string of the molecule is CCNS(=O)(=O)N(C)C1CC2CCC(C1)N2.Cl. The summed E-state index contributed by atoms with van der Waals surface area (Å²) < 4.78 is 27.8. The Morgan fingerprint density at radius 3 is 2.29 bits per heavy atom. The predicted molar refractivity (Wildman–Crippen MR) is 70.6 cm³/mol. The van der Waals surface area contributed by atoms with Gasteiger partial charge < -0.3 is 5.32 Å². The number of nitrogens with one attached hydrogen (secondary N) is 2. The quantitative estimate of drug-likeness (QED) is 0.789. The fourth-order valence-corrected chi connectivity index (χ4v) is 3.94. The lowest BCUT2D eigenvalue weighted by atomic mass is 10.0. The fraction of sp³-hybridized carbons (Fsp3) is 1.00. The van der Waals surface area contributed by atoms with Gasteiger partial charge in [-0.25, -0.2) is 4.72 Å². The van der Waals surface area contributed by atoms with Crippen LogP contribution in [0.2, 0.25) is 0 Å². The lowest BCUT2D eigenvalue weighted by molar-refractivity contribution is 0.249. The van der Waals surface area contributed by atoms with Crippen LogP contribution in [-0.2, 0) is 10.2 Å². The van der Waals surface area contributed by atoms with Crippen molar-refractivity contribution in [1.82, 2.24) is 14.3 Å². The molecule has 102 valence electrons. The van der Waals surface area contributed by atoms with Crippen LogP contribution in [0, 0.1) is 0 Å². The standard InChI is InChI=1S/C10H21N3O2S.ClH/c1-3-11-16(14,15)13(2)10-6-8-4-5-9(7-10)12-8;/h8-12H,3-7H2,1-2H3;1H. The number of nitrogens with zero attached hydrogens (tertiary/aromatic N) is 1. The molecule has 5 nitrogen and oxygen atoms in total. The van der Waals surface area contributed by atoms with Crippen LogP contribution in [0.25, 0.3) is 0 Å². The highest BCUT2D eigenvalue weighted by Crippen LogP contribution is 2.29. The lowest BCUT2D eigenvalue weighted by Crippen LogP contribution is -2.51. The molecule has 2 rings (SSSR count). The monoisotopic (exact) mass is 283 g/mol. The second-order valence-corrected chi connectivity index (χ2v) is 6.60. The van der Waals surface area contributed by atoms with Gasteiger partial charge in [0.2, 0.25) is 0 Å². The molecule has 2 atom stereocenters. The maximum atomic E-state index is 11.9. The van der Waals surface area contributed by atoms with Crippen LogP contribution in [0.15, 0.2) is 0 Å². The third-order valence-electron chi connectivity index (χ3n) is 3.67. The molecule has 2 aliphatic rings. The number of halogens is 1. The highest BCUT2D eigenvalue weighted by atomic mass is 35.5. The molecule has 0 radical (unpaired) electrons. The number of hydrogen-bond donors (Lipinski definition) is 2. The van der Waals surface area contributed by atoms with E-state index >= 15 is 0 Å². The second-order valence-electron chi connectivity index (χ2n) is 4.78. The van der Waals surface area contributed by atoms with Crippen LogP contribution in [-0.4, -0.2) is 44.4 Å². The van der Waals surface area contributed by atoms with Gasteiger partial charge in [0.1, 0.15) is 0 Å². The van der Waals surface area contributed by atoms with Gasteiger partial charge in [-0.3, -0.25) is 0 Å². The molecule has 7 heteroatoms. The molecule has 0 aromatic rings. The highest BCUT2D eigenvalue weighted by Gasteiger charge is 2.38. The normalized spacial score (nSPS) is 32.5. The van der Waals surface area contributed by atoms with Crippen LogP contribution in [0.4, 0.5) is 0 Å². The van der Waals surface area contributed by atoms with Crippen molar-refractivity contribution in [2.24, 2.45) is 0 Å². The summed E-state index contributed by atoms with van der Waals surface area (Å²) in [7, 11) is -1.59. The summed E-state index contributed by atoms with van der Waals surface area (Å²) in [5, 5.41) is 3.52. The molecule has 17 heavy (non-hydrogen) atoms. The average Bonchev–Trinajstić information content (AvgIpc) is 2.56. The van der Waals surface area contributed by atoms with Crippen molar-refractivity contribution in [2.45, 2.75) is 50.7 Å². The molecule has 0 aliphatic carbocycles. The Morgan fingerprint density at radius 1 is 1.29 bits per heavy atom. The van der Waals surface area contributed by atoms with Gasteiger partial charge in [0.15, 0.2) is 0 Å². The van der Waals surface area contributed by atoms with E-state index in [1.54, 1.807) is 14.0 Å². The minimum Gasteiger partial charge on any atom is -0.311 e. The molecule has 0 aromatic heterocycles. The highest BCUT2D eigenvalue weighted by molar-refractivity contribution is 7.87. The molecule has 2 fully saturated rings. The first kappa shape index (κ1) is 15.2. The smallest absolute Gasteiger partial charge is 0.279 e. The van der Waals surface area contributed by atoms with E-state index < -0.39 is 10.2 Å². The third kappa shape index (κ3) is 3.32. The minimum atomic E-state index is -3.27. The molecule has 2 unspecified atom stereocenters. The van der Waals surface area contributed by atoms with Crippen molar-refractivity contribution in [2.75, 3.05) is 13.6 Å². The third-order valence-corrected chi connectivity index (χ3v) is 5.38. The molecule has 2 bridgehead atoms. The van der Waals surface area contributed by atoms with Gasteiger partial charge in [0.25, 0.3) is 10.2 Å². The fourth-order valence-electron chi connectivity index (χ4n) is 2.80. The van der Waals surface area contributed by atoms with Crippen LogP contribution < -0.4 is 10.0 Å². The van der Waals surface area contributed by atoms with E-state index in [9.17, 15) is 8.42 Å². The second kappa shape index (κ2) is 5.84. The predicted octanol–water partition coefficient (Wildman–Crippen LogP) is 0.477. The van der Waals surface area contributed by atoms with E-state index in [4.69, 9.17) is 0 Å². The van der Waals surface area contributed by atoms with Gasteiger partial charge in [-0.2, -0.15) is 12.7 Å². The van der Waals surface area contributed by atoms with Crippen molar-refractivity contribution < 1.29 is 8.42 Å². The summed E-state index contributed by atoms with van der Waals surface area (Å²) in [4.78, 5) is 0. The first-order valence-corrected chi connectivity index (χ1v) is 7.45. The van der Waals surface area contributed by atoms with Gasteiger partial charge in [0.05, 0.1) is 0 Å². The average molecular weight is 284 g/mol. The van der Waals surface area contributed by atoms with Gasteiger partial charge in [0, 0.05) is 31.7 Å². The first-order chi connectivity index (χ1) is 7.53. The van der Waals surface area contributed by atoms with Crippen LogP contribution in [0.5, 0.6) is 0 Å². The number of piperidine rings is 1. The molecule has 2 aliphatic heterocycles. The van der Waals surface area contributed by atoms with Crippen LogP contribution >= 0.6 is 12.4 Å². The largest absolute Gasteiger partial charge is 0.311 e. The molecular weight excluding hydrogens is 262 g/mol. The summed E-state index contributed by atoms with van der Waals surface area (Å²) in [6.07, 6.45) is 4.27. The Kier molecular flexibility index (Phi) is 5.21. The Labute approximate surface area is 110 Å². The van der Waals surface area contributed by atoms with E-state index in [1.165, 1.54) is 17.1 Å². The molecule has 0 saturated carbocycles. The maximum absolute atomic E-state index is 11.9. The molecule has 2 saturated heterocycles. The number of hydrogen-bond acceptors (Lipinski definition) is 3. The van der Waals surface area contributed by atoms with E-state index in [1.807, 2.05) is 0 Å². The molecule has 0 aromatic carbocycles. The van der Waals surface area contributed by atoms with Crippen molar-refractivity contribution in [1.29, 1.82) is 0 Å². The summed E-state index contributed by atoms with van der Waals surface area (Å²) in [6.45, 7) is 2.25. The first-order valence-electron chi connectivity index (χ1n) is 6.01. The van der Waals surface area contributed by atoms with E-state index in [2.05, 4.69) is 10.0 Å². The van der Waals surface area contributed by atoms with Crippen LogP contribution in [0.3, 0.4) is 0 Å². The zero-order chi connectivity index (χ0) is 11.8. The van der Waals surface area contributed by atoms with Gasteiger partial charge >= 0.3 is 0 Å². The Balaban J connectivity index is 0.00000144. The molecule has 2 heterocycles. The van der Waals surface area contributed by atoms with Crippen molar-refractivity contribution in [3.8, 4) is 0 Å². The van der Waals surface area contributed by atoms with Crippen LogP contribution in [0.1, 0.15) is 32.6 Å². The summed E-state index contributed by atoms with van der Waals surface area (Å²) >= 11 is 0. The molecule has 0 amide bonds. The van der Waals surface area contributed by atoms with Crippen molar-refractivity contribution >= 4 is 22.6 Å². The zero-order valence-corrected chi connectivity index (χ0v) is 12.0. The topological polar surface area (TPSA) is 61.4 Å². The molecule has 0 spiro atoms. The van der Waals surface area contributed by atoms with E-state index in [-0.39, 0.29) is 18.4 Å². The maximum Gasteiger partial charge on any atom is 0.279 e. The van der Waals surface area contributed by atoms with Gasteiger partial charge in [-0.15, -0.1) is 12.4 Å². The summed E-state index contributed by atoms with van der Waals surface area (Å²) in [5.41, 5.74) is 0. The minimum absolute atomic E-state index is 0. The molecular formula is C10H22ClN3O2S. The Morgan fingerprint density at radius 2 is 1.82 bits per heavy atom. The number of rotatable bonds is 4.